The number of piperidine rings is 1. The number of rotatable bonds is 4. The third-order valence-corrected chi connectivity index (χ3v) is 6.39. The number of imidazole rings is 1. The monoisotopic (exact) mass is 448 g/mol. The molecule has 7 nitrogen and oxygen atoms in total. The van der Waals surface area contributed by atoms with Crippen LogP contribution in [0.15, 0.2) is 59.4 Å². The molecule has 32 heavy (non-hydrogen) atoms. The van der Waals surface area contributed by atoms with Crippen LogP contribution in [0.5, 0.6) is 0 Å². The second-order valence-electron chi connectivity index (χ2n) is 8.28. The van der Waals surface area contributed by atoms with E-state index in [1.807, 2.05) is 59.2 Å². The third kappa shape index (κ3) is 3.67. The quantitative estimate of drug-likeness (QED) is 0.517. The van der Waals surface area contributed by atoms with Gasteiger partial charge in [-0.25, -0.2) is 4.98 Å². The lowest BCUT2D eigenvalue weighted by atomic mass is 10.1. The average Bonchev–Trinajstić information content (AvgIpc) is 3.17. The van der Waals surface area contributed by atoms with Gasteiger partial charge in [0.1, 0.15) is 5.82 Å². The molecule has 1 aliphatic heterocycles. The molecule has 0 saturated carbocycles. The van der Waals surface area contributed by atoms with Gasteiger partial charge in [-0.15, -0.1) is 0 Å². The molecule has 8 heteroatoms. The first-order valence-electron chi connectivity index (χ1n) is 10.8. The number of halogens is 1. The van der Waals surface area contributed by atoms with Gasteiger partial charge >= 0.3 is 0 Å². The SMILES string of the molecule is Cn1c(-c2ccccc2)nc2nc(N3CCC[C@@H](N)C3)n(Cc3ccccc3Cl)c2c1=O. The van der Waals surface area contributed by atoms with E-state index in [4.69, 9.17) is 27.3 Å². The molecule has 2 aromatic carbocycles. The molecule has 0 aliphatic carbocycles. The second kappa shape index (κ2) is 8.41. The van der Waals surface area contributed by atoms with E-state index in [-0.39, 0.29) is 11.6 Å². The largest absolute Gasteiger partial charge is 0.341 e. The lowest BCUT2D eigenvalue weighted by Crippen LogP contribution is -2.44. The molecule has 2 aromatic heterocycles. The van der Waals surface area contributed by atoms with Gasteiger partial charge in [-0.05, 0) is 24.5 Å². The van der Waals surface area contributed by atoms with E-state index >= 15 is 0 Å². The Morgan fingerprint density at radius 1 is 1.09 bits per heavy atom. The molecule has 0 spiro atoms. The molecule has 4 aromatic rings. The Morgan fingerprint density at radius 3 is 2.59 bits per heavy atom. The minimum atomic E-state index is -0.138. The topological polar surface area (TPSA) is 82.0 Å². The molecule has 1 atom stereocenters. The van der Waals surface area contributed by atoms with Crippen molar-refractivity contribution in [3.8, 4) is 11.4 Å². The Hall–Kier alpha value is -3.16. The van der Waals surface area contributed by atoms with Crippen LogP contribution < -0.4 is 16.2 Å². The van der Waals surface area contributed by atoms with Gasteiger partial charge in [-0.2, -0.15) is 4.98 Å². The van der Waals surface area contributed by atoms with Crippen LogP contribution in [0.2, 0.25) is 5.02 Å². The predicted octanol–water partition coefficient (Wildman–Crippen LogP) is 3.43. The highest BCUT2D eigenvalue weighted by Crippen LogP contribution is 2.27. The van der Waals surface area contributed by atoms with Crippen LogP contribution in [0, 0.1) is 0 Å². The molecule has 1 saturated heterocycles. The van der Waals surface area contributed by atoms with Crippen LogP contribution in [0.4, 0.5) is 5.95 Å². The van der Waals surface area contributed by atoms with Crippen molar-refractivity contribution in [2.24, 2.45) is 12.8 Å². The second-order valence-corrected chi connectivity index (χ2v) is 8.68. The van der Waals surface area contributed by atoms with Crippen molar-refractivity contribution in [1.82, 2.24) is 19.1 Å². The highest BCUT2D eigenvalue weighted by molar-refractivity contribution is 6.31. The van der Waals surface area contributed by atoms with Crippen molar-refractivity contribution >= 4 is 28.7 Å². The Labute approximate surface area is 191 Å². The maximum atomic E-state index is 13.6. The number of hydrogen-bond acceptors (Lipinski definition) is 5. The summed E-state index contributed by atoms with van der Waals surface area (Å²) >= 11 is 6.46. The van der Waals surface area contributed by atoms with E-state index in [1.54, 1.807) is 11.6 Å². The Kier molecular flexibility index (Phi) is 5.45. The zero-order valence-electron chi connectivity index (χ0n) is 17.9. The number of anilines is 1. The average molecular weight is 449 g/mol. The summed E-state index contributed by atoms with van der Waals surface area (Å²) in [7, 11) is 1.75. The minimum Gasteiger partial charge on any atom is -0.341 e. The lowest BCUT2D eigenvalue weighted by Gasteiger charge is -2.32. The molecule has 2 N–H and O–H groups in total. The van der Waals surface area contributed by atoms with Crippen LogP contribution in [-0.4, -0.2) is 38.2 Å². The summed E-state index contributed by atoms with van der Waals surface area (Å²) in [5.41, 5.74) is 8.82. The van der Waals surface area contributed by atoms with Gasteiger partial charge < -0.3 is 10.6 Å². The molecule has 0 unspecified atom stereocenters. The highest BCUT2D eigenvalue weighted by atomic mass is 35.5. The fourth-order valence-electron chi connectivity index (χ4n) is 4.37. The van der Waals surface area contributed by atoms with Crippen LogP contribution in [0.1, 0.15) is 18.4 Å². The summed E-state index contributed by atoms with van der Waals surface area (Å²) in [5, 5.41) is 0.654. The van der Waals surface area contributed by atoms with Crippen molar-refractivity contribution in [2.45, 2.75) is 25.4 Å². The molecular weight excluding hydrogens is 424 g/mol. The summed E-state index contributed by atoms with van der Waals surface area (Å²) in [6.45, 7) is 1.96. The van der Waals surface area contributed by atoms with Crippen molar-refractivity contribution < 1.29 is 0 Å². The first kappa shape index (κ1) is 20.7. The van der Waals surface area contributed by atoms with Crippen molar-refractivity contribution in [1.29, 1.82) is 0 Å². The van der Waals surface area contributed by atoms with Crippen LogP contribution in [0.3, 0.4) is 0 Å². The normalized spacial score (nSPS) is 16.6. The van der Waals surface area contributed by atoms with E-state index in [1.165, 1.54) is 0 Å². The van der Waals surface area contributed by atoms with Gasteiger partial charge in [0.15, 0.2) is 11.2 Å². The Bertz CT molecular complexity index is 1330. The fraction of sp³-hybridized carbons (Fsp3) is 0.292. The van der Waals surface area contributed by atoms with Crippen molar-refractivity contribution in [2.75, 3.05) is 18.0 Å². The van der Waals surface area contributed by atoms with Gasteiger partial charge in [0, 0.05) is 36.8 Å². The predicted molar refractivity (Wildman–Crippen MR) is 128 cm³/mol. The van der Waals surface area contributed by atoms with E-state index in [9.17, 15) is 4.79 Å². The van der Waals surface area contributed by atoms with Gasteiger partial charge in [0.05, 0.1) is 6.54 Å². The van der Waals surface area contributed by atoms with Crippen molar-refractivity contribution in [3.63, 3.8) is 0 Å². The molecule has 3 heterocycles. The highest BCUT2D eigenvalue weighted by Gasteiger charge is 2.26. The third-order valence-electron chi connectivity index (χ3n) is 6.02. The molecule has 164 valence electrons. The van der Waals surface area contributed by atoms with E-state index in [2.05, 4.69) is 4.90 Å². The smallest absolute Gasteiger partial charge is 0.279 e. The first-order valence-corrected chi connectivity index (χ1v) is 11.2. The van der Waals surface area contributed by atoms with Crippen LogP contribution >= 0.6 is 11.6 Å². The summed E-state index contributed by atoms with van der Waals surface area (Å²) in [5.74, 6) is 1.30. The number of hydrogen-bond donors (Lipinski definition) is 1. The molecule has 0 amide bonds. The van der Waals surface area contributed by atoms with E-state index in [0.717, 1.165) is 30.5 Å². The number of nitrogens with zero attached hydrogens (tertiary/aromatic N) is 5. The standard InChI is InChI=1S/C24H25ClN6O/c1-29-22(16-8-3-2-4-9-16)27-21-20(23(29)32)31(14-17-10-5-6-12-19(17)25)24(28-21)30-13-7-11-18(26)15-30/h2-6,8-10,12,18H,7,11,13-15,26H2,1H3/t18-/m1/s1. The first-order chi connectivity index (χ1) is 15.5. The van der Waals surface area contributed by atoms with Gasteiger partial charge in [0.25, 0.3) is 5.56 Å². The van der Waals surface area contributed by atoms with Gasteiger partial charge in [-0.3, -0.25) is 13.9 Å². The fourth-order valence-corrected chi connectivity index (χ4v) is 4.57. The van der Waals surface area contributed by atoms with Gasteiger partial charge in [0.2, 0.25) is 5.95 Å². The molecule has 0 bridgehead atoms. The molecule has 1 aliphatic rings. The van der Waals surface area contributed by atoms with Crippen LogP contribution in [0.25, 0.3) is 22.6 Å². The maximum Gasteiger partial charge on any atom is 0.279 e. The van der Waals surface area contributed by atoms with E-state index < -0.39 is 0 Å². The lowest BCUT2D eigenvalue weighted by molar-refractivity contribution is 0.495. The number of aromatic nitrogens is 4. The molecule has 1 fully saturated rings. The molecule has 0 radical (unpaired) electrons. The zero-order chi connectivity index (χ0) is 22.2. The minimum absolute atomic E-state index is 0.0768. The number of benzene rings is 2. The van der Waals surface area contributed by atoms with Crippen molar-refractivity contribution in [3.05, 3.63) is 75.5 Å². The van der Waals surface area contributed by atoms with E-state index in [0.29, 0.717) is 41.0 Å². The molecular formula is C24H25ClN6O. The van der Waals surface area contributed by atoms with Gasteiger partial charge in [-0.1, -0.05) is 60.1 Å². The summed E-state index contributed by atoms with van der Waals surface area (Å²) in [6, 6.07) is 17.4. The zero-order valence-corrected chi connectivity index (χ0v) is 18.7. The molecule has 5 rings (SSSR count). The maximum absolute atomic E-state index is 13.6. The Balaban J connectivity index is 1.73. The van der Waals surface area contributed by atoms with Crippen LogP contribution in [-0.2, 0) is 13.6 Å². The summed E-state index contributed by atoms with van der Waals surface area (Å²) in [4.78, 5) is 25.4. The summed E-state index contributed by atoms with van der Waals surface area (Å²) < 4.78 is 3.53. The summed E-state index contributed by atoms with van der Waals surface area (Å²) in [6.07, 6.45) is 1.97. The number of fused-ring (bicyclic) bond motifs is 1. The Morgan fingerprint density at radius 2 is 1.84 bits per heavy atom. The number of nitrogens with two attached hydrogens (primary N) is 1.